The molecule has 2 aliphatic rings. The number of rotatable bonds is 5. The molecular weight excluding hydrogens is 344 g/mol. The minimum Gasteiger partial charge on any atom is -0.372 e. The van der Waals surface area contributed by atoms with Crippen molar-refractivity contribution in [3.05, 3.63) is 44.9 Å². The third-order valence-electron chi connectivity index (χ3n) is 6.00. The van der Waals surface area contributed by atoms with Crippen LogP contribution in [0.2, 0.25) is 0 Å². The summed E-state index contributed by atoms with van der Waals surface area (Å²) < 4.78 is 1.01. The van der Waals surface area contributed by atoms with Gasteiger partial charge in [0.05, 0.1) is 6.42 Å². The largest absolute Gasteiger partial charge is 0.372 e. The van der Waals surface area contributed by atoms with Gasteiger partial charge in [-0.25, -0.2) is 4.79 Å². The van der Waals surface area contributed by atoms with Gasteiger partial charge in [-0.2, -0.15) is 0 Å². The Kier molecular flexibility index (Phi) is 5.87. The molecule has 7 heteroatoms. The lowest BCUT2D eigenvalue weighted by molar-refractivity contribution is -0.133. The number of allylic oxidation sites excluding steroid dienone is 1. The number of nitrogens with zero attached hydrogens (tertiary/aromatic N) is 3. The summed E-state index contributed by atoms with van der Waals surface area (Å²) in [5, 5.41) is 0. The van der Waals surface area contributed by atoms with E-state index in [9.17, 15) is 14.4 Å². The zero-order chi connectivity index (χ0) is 19.6. The van der Waals surface area contributed by atoms with Crippen LogP contribution in [0.3, 0.4) is 0 Å². The van der Waals surface area contributed by atoms with E-state index in [4.69, 9.17) is 0 Å². The molecule has 0 unspecified atom stereocenters. The first-order chi connectivity index (χ1) is 12.9. The molecule has 2 atom stereocenters. The third kappa shape index (κ3) is 4.01. The van der Waals surface area contributed by atoms with Crippen molar-refractivity contribution in [2.45, 2.75) is 51.5 Å². The molecule has 1 amide bonds. The van der Waals surface area contributed by atoms with E-state index in [2.05, 4.69) is 23.4 Å². The molecule has 2 aliphatic heterocycles. The second-order valence-corrected chi connectivity index (χ2v) is 7.77. The van der Waals surface area contributed by atoms with Crippen LogP contribution < -0.4 is 11.2 Å². The van der Waals surface area contributed by atoms with Crippen LogP contribution in [0.4, 0.5) is 0 Å². The fourth-order valence-corrected chi connectivity index (χ4v) is 4.34. The number of nitrogens with one attached hydrogen (secondary N) is 1. The van der Waals surface area contributed by atoms with E-state index in [1.54, 1.807) is 0 Å². The van der Waals surface area contributed by atoms with Crippen LogP contribution >= 0.6 is 0 Å². The highest BCUT2D eigenvalue weighted by Crippen LogP contribution is 2.35. The summed E-state index contributed by atoms with van der Waals surface area (Å²) in [6, 6.07) is 0.475. The second kappa shape index (κ2) is 8.15. The number of hydrogen-bond donors (Lipinski definition) is 1. The summed E-state index contributed by atoms with van der Waals surface area (Å²) in [6.07, 6.45) is 6.74. The van der Waals surface area contributed by atoms with Crippen molar-refractivity contribution in [3.8, 4) is 0 Å². The topological polar surface area (TPSA) is 78.4 Å². The molecule has 1 aromatic heterocycles. The standard InChI is InChI=1S/C20H30N4O3/c1-4-5-9-24-14(2)6-7-15-13-23(10-8-17(15)24)18(25)11-16-12-21-20(27)22(3)19(16)26/h12,15,17H,2,4-11,13H2,1,3H3,(H,21,27)/t15-,17+/m1/s1. The van der Waals surface area contributed by atoms with Crippen molar-refractivity contribution in [1.82, 2.24) is 19.4 Å². The highest BCUT2D eigenvalue weighted by atomic mass is 16.2. The van der Waals surface area contributed by atoms with Crippen LogP contribution in [0.5, 0.6) is 0 Å². The predicted molar refractivity (Wildman–Crippen MR) is 104 cm³/mol. The van der Waals surface area contributed by atoms with Crippen molar-refractivity contribution in [3.63, 3.8) is 0 Å². The molecule has 2 saturated heterocycles. The monoisotopic (exact) mass is 374 g/mol. The number of hydrogen-bond acceptors (Lipinski definition) is 4. The van der Waals surface area contributed by atoms with Gasteiger partial charge in [0, 0.05) is 50.2 Å². The Morgan fingerprint density at radius 1 is 1.33 bits per heavy atom. The van der Waals surface area contributed by atoms with Gasteiger partial charge in [-0.3, -0.25) is 14.2 Å². The molecule has 2 fully saturated rings. The van der Waals surface area contributed by atoms with Crippen LogP contribution in [0.15, 0.2) is 28.1 Å². The molecule has 0 spiro atoms. The molecule has 7 nitrogen and oxygen atoms in total. The molecule has 148 valence electrons. The normalized spacial score (nSPS) is 22.7. The van der Waals surface area contributed by atoms with Gasteiger partial charge in [-0.1, -0.05) is 19.9 Å². The number of piperidine rings is 2. The van der Waals surface area contributed by atoms with Crippen molar-refractivity contribution in [2.24, 2.45) is 13.0 Å². The van der Waals surface area contributed by atoms with E-state index in [-0.39, 0.29) is 12.3 Å². The minimum atomic E-state index is -0.466. The fourth-order valence-electron chi connectivity index (χ4n) is 4.34. The first-order valence-electron chi connectivity index (χ1n) is 9.92. The van der Waals surface area contributed by atoms with Crippen LogP contribution in [0.1, 0.15) is 44.6 Å². The number of carbonyl (C=O) groups excluding carboxylic acids is 1. The number of carbonyl (C=O) groups is 1. The number of likely N-dealkylation sites (tertiary alicyclic amines) is 2. The van der Waals surface area contributed by atoms with E-state index in [1.807, 2.05) is 4.90 Å². The lowest BCUT2D eigenvalue weighted by Gasteiger charge is -2.49. The predicted octanol–water partition coefficient (Wildman–Crippen LogP) is 1.24. The molecule has 0 aliphatic carbocycles. The van der Waals surface area contributed by atoms with Crippen molar-refractivity contribution in [2.75, 3.05) is 19.6 Å². The smallest absolute Gasteiger partial charge is 0.328 e. The quantitative estimate of drug-likeness (QED) is 0.841. The molecule has 27 heavy (non-hydrogen) atoms. The molecule has 3 heterocycles. The van der Waals surface area contributed by atoms with Gasteiger partial charge in [0.25, 0.3) is 5.56 Å². The molecule has 0 aromatic carbocycles. The Bertz CT molecular complexity index is 825. The van der Waals surface area contributed by atoms with Crippen LogP contribution in [0, 0.1) is 5.92 Å². The van der Waals surface area contributed by atoms with Gasteiger partial charge in [-0.15, -0.1) is 0 Å². The Balaban J connectivity index is 1.66. The Morgan fingerprint density at radius 2 is 2.11 bits per heavy atom. The van der Waals surface area contributed by atoms with Crippen LogP contribution in [0.25, 0.3) is 0 Å². The van der Waals surface area contributed by atoms with Gasteiger partial charge >= 0.3 is 5.69 Å². The van der Waals surface area contributed by atoms with Gasteiger partial charge in [0.15, 0.2) is 0 Å². The molecule has 0 saturated carbocycles. The van der Waals surface area contributed by atoms with Crippen LogP contribution in [-0.4, -0.2) is 50.9 Å². The third-order valence-corrected chi connectivity index (χ3v) is 6.00. The Labute approximate surface area is 159 Å². The Hall–Kier alpha value is -2.31. The zero-order valence-corrected chi connectivity index (χ0v) is 16.4. The first-order valence-corrected chi connectivity index (χ1v) is 9.92. The van der Waals surface area contributed by atoms with Crippen molar-refractivity contribution < 1.29 is 4.79 Å². The summed E-state index contributed by atoms with van der Waals surface area (Å²) in [4.78, 5) is 43.3. The lowest BCUT2D eigenvalue weighted by atomic mass is 9.82. The minimum absolute atomic E-state index is 0.0348. The number of aromatic amines is 1. The maximum Gasteiger partial charge on any atom is 0.328 e. The summed E-state index contributed by atoms with van der Waals surface area (Å²) in [5.41, 5.74) is 0.709. The van der Waals surface area contributed by atoms with E-state index in [0.29, 0.717) is 24.1 Å². The SMILES string of the molecule is C=C1CC[C@@H]2CN(C(=O)Cc3c[nH]c(=O)n(C)c3=O)CC[C@@H]2N1CCCC. The number of H-pyrrole nitrogens is 1. The number of amides is 1. The summed E-state index contributed by atoms with van der Waals surface area (Å²) in [6.45, 7) is 8.96. The number of unbranched alkanes of at least 4 members (excludes halogenated alkanes) is 1. The first kappa shape index (κ1) is 19.5. The fraction of sp³-hybridized carbons (Fsp3) is 0.650. The summed E-state index contributed by atoms with van der Waals surface area (Å²) in [7, 11) is 1.42. The molecule has 0 bridgehead atoms. The van der Waals surface area contributed by atoms with Crippen molar-refractivity contribution >= 4 is 5.91 Å². The molecule has 3 rings (SSSR count). The van der Waals surface area contributed by atoms with Crippen LogP contribution in [-0.2, 0) is 18.3 Å². The maximum atomic E-state index is 12.8. The summed E-state index contributed by atoms with van der Waals surface area (Å²) in [5.74, 6) is 0.422. The van der Waals surface area contributed by atoms with E-state index in [1.165, 1.54) is 31.8 Å². The van der Waals surface area contributed by atoms with Gasteiger partial charge in [-0.05, 0) is 31.6 Å². The van der Waals surface area contributed by atoms with Gasteiger partial charge in [0.1, 0.15) is 0 Å². The lowest BCUT2D eigenvalue weighted by Crippen LogP contribution is -2.54. The van der Waals surface area contributed by atoms with Crippen molar-refractivity contribution in [1.29, 1.82) is 0 Å². The highest BCUT2D eigenvalue weighted by Gasteiger charge is 2.38. The number of fused-ring (bicyclic) bond motifs is 1. The molecule has 1 aromatic rings. The Morgan fingerprint density at radius 3 is 2.85 bits per heavy atom. The van der Waals surface area contributed by atoms with Gasteiger partial charge in [0.2, 0.25) is 5.91 Å². The molecule has 0 radical (unpaired) electrons. The summed E-state index contributed by atoms with van der Waals surface area (Å²) >= 11 is 0. The second-order valence-electron chi connectivity index (χ2n) is 7.77. The highest BCUT2D eigenvalue weighted by molar-refractivity contribution is 5.78. The maximum absolute atomic E-state index is 12.8. The zero-order valence-electron chi connectivity index (χ0n) is 16.4. The number of aromatic nitrogens is 2. The van der Waals surface area contributed by atoms with E-state index >= 15 is 0 Å². The van der Waals surface area contributed by atoms with E-state index < -0.39 is 11.2 Å². The average molecular weight is 374 g/mol. The molecule has 1 N–H and O–H groups in total. The van der Waals surface area contributed by atoms with Gasteiger partial charge < -0.3 is 14.8 Å². The molecular formula is C20H30N4O3. The average Bonchev–Trinajstić information content (AvgIpc) is 2.67. The van der Waals surface area contributed by atoms with E-state index in [0.717, 1.165) is 36.9 Å².